The van der Waals surface area contributed by atoms with Crippen molar-refractivity contribution in [3.63, 3.8) is 0 Å². The fraction of sp³-hybridized carbons (Fsp3) is 0.231. The Bertz CT molecular complexity index is 485. The van der Waals surface area contributed by atoms with Crippen molar-refractivity contribution in [2.45, 2.75) is 0 Å². The van der Waals surface area contributed by atoms with Crippen LogP contribution in [0.5, 0.6) is 0 Å². The van der Waals surface area contributed by atoms with Gasteiger partial charge in [-0.2, -0.15) is 0 Å². The van der Waals surface area contributed by atoms with Gasteiger partial charge in [0.15, 0.2) is 0 Å². The molecule has 0 radical (unpaired) electrons. The second-order valence-corrected chi connectivity index (χ2v) is 3.72. The van der Waals surface area contributed by atoms with Crippen molar-refractivity contribution in [2.75, 3.05) is 25.6 Å². The SMILES string of the molecule is COCCNc1ncc(-c2ccc(F)cc2)cn1. The van der Waals surface area contributed by atoms with Crippen LogP contribution in [0.25, 0.3) is 11.1 Å². The first-order valence-corrected chi connectivity index (χ1v) is 5.60. The maximum Gasteiger partial charge on any atom is 0.222 e. The van der Waals surface area contributed by atoms with Crippen LogP contribution in [0.4, 0.5) is 10.3 Å². The number of nitrogens with zero attached hydrogens (tertiary/aromatic N) is 2. The Balaban J connectivity index is 2.05. The summed E-state index contributed by atoms with van der Waals surface area (Å²) < 4.78 is 17.7. The lowest BCUT2D eigenvalue weighted by molar-refractivity contribution is 0.210. The Kier molecular flexibility index (Phi) is 4.20. The minimum absolute atomic E-state index is 0.252. The number of hydrogen-bond acceptors (Lipinski definition) is 4. The lowest BCUT2D eigenvalue weighted by atomic mass is 10.1. The Morgan fingerprint density at radius 3 is 2.39 bits per heavy atom. The summed E-state index contributed by atoms with van der Waals surface area (Å²) in [4.78, 5) is 8.36. The van der Waals surface area contributed by atoms with Gasteiger partial charge in [-0.05, 0) is 17.7 Å². The molecule has 0 aliphatic heterocycles. The van der Waals surface area contributed by atoms with E-state index in [9.17, 15) is 4.39 Å². The van der Waals surface area contributed by atoms with E-state index in [2.05, 4.69) is 15.3 Å². The molecule has 2 rings (SSSR count). The van der Waals surface area contributed by atoms with Gasteiger partial charge in [0, 0.05) is 31.6 Å². The fourth-order valence-corrected chi connectivity index (χ4v) is 1.48. The molecule has 4 nitrogen and oxygen atoms in total. The summed E-state index contributed by atoms with van der Waals surface area (Å²) in [6, 6.07) is 6.23. The smallest absolute Gasteiger partial charge is 0.222 e. The molecule has 0 amide bonds. The Labute approximate surface area is 105 Å². The third-order valence-electron chi connectivity index (χ3n) is 2.42. The van der Waals surface area contributed by atoms with E-state index in [1.54, 1.807) is 31.6 Å². The molecular formula is C13H14FN3O. The average molecular weight is 247 g/mol. The van der Waals surface area contributed by atoms with Crippen LogP contribution in [0.2, 0.25) is 0 Å². The fourth-order valence-electron chi connectivity index (χ4n) is 1.48. The summed E-state index contributed by atoms with van der Waals surface area (Å²) in [7, 11) is 1.64. The van der Waals surface area contributed by atoms with Crippen molar-refractivity contribution in [2.24, 2.45) is 0 Å². The van der Waals surface area contributed by atoms with Gasteiger partial charge in [0.05, 0.1) is 6.61 Å². The lowest BCUT2D eigenvalue weighted by Gasteiger charge is -2.05. The zero-order valence-corrected chi connectivity index (χ0v) is 10.1. The number of methoxy groups -OCH3 is 1. The van der Waals surface area contributed by atoms with Crippen molar-refractivity contribution < 1.29 is 9.13 Å². The number of halogens is 1. The summed E-state index contributed by atoms with van der Waals surface area (Å²) >= 11 is 0. The second kappa shape index (κ2) is 6.07. The summed E-state index contributed by atoms with van der Waals surface area (Å²) in [5.41, 5.74) is 1.74. The molecule has 5 heteroatoms. The molecule has 0 spiro atoms. The van der Waals surface area contributed by atoms with Gasteiger partial charge in [0.25, 0.3) is 0 Å². The third kappa shape index (κ3) is 3.24. The minimum Gasteiger partial charge on any atom is -0.383 e. The maximum atomic E-state index is 12.8. The zero-order valence-electron chi connectivity index (χ0n) is 10.1. The molecule has 0 aliphatic carbocycles. The largest absolute Gasteiger partial charge is 0.383 e. The van der Waals surface area contributed by atoms with Crippen LogP contribution in [0, 0.1) is 5.82 Å². The summed E-state index contributed by atoms with van der Waals surface area (Å²) in [5, 5.41) is 3.03. The average Bonchev–Trinajstić information content (AvgIpc) is 2.41. The van der Waals surface area contributed by atoms with Crippen LogP contribution in [0.15, 0.2) is 36.7 Å². The highest BCUT2D eigenvalue weighted by Crippen LogP contribution is 2.18. The van der Waals surface area contributed by atoms with Gasteiger partial charge in [0.2, 0.25) is 5.95 Å². The monoisotopic (exact) mass is 247 g/mol. The molecule has 1 N–H and O–H groups in total. The van der Waals surface area contributed by atoms with E-state index < -0.39 is 0 Å². The van der Waals surface area contributed by atoms with Crippen LogP contribution in [0.1, 0.15) is 0 Å². The van der Waals surface area contributed by atoms with Crippen LogP contribution < -0.4 is 5.32 Å². The maximum absolute atomic E-state index is 12.8. The minimum atomic E-state index is -0.252. The first-order valence-electron chi connectivity index (χ1n) is 5.60. The molecule has 0 saturated carbocycles. The van der Waals surface area contributed by atoms with Gasteiger partial charge in [0.1, 0.15) is 5.82 Å². The van der Waals surface area contributed by atoms with Crippen molar-refractivity contribution in [1.82, 2.24) is 9.97 Å². The standard InChI is InChI=1S/C13H14FN3O/c1-18-7-6-15-13-16-8-11(9-17-13)10-2-4-12(14)5-3-10/h2-5,8-9H,6-7H2,1H3,(H,15,16,17). The van der Waals surface area contributed by atoms with Crippen LogP contribution >= 0.6 is 0 Å². The second-order valence-electron chi connectivity index (χ2n) is 3.72. The molecule has 0 aliphatic rings. The van der Waals surface area contributed by atoms with Crippen molar-refractivity contribution in [3.8, 4) is 11.1 Å². The topological polar surface area (TPSA) is 47.0 Å². The lowest BCUT2D eigenvalue weighted by Crippen LogP contribution is -2.09. The van der Waals surface area contributed by atoms with E-state index in [0.717, 1.165) is 11.1 Å². The number of hydrogen-bond donors (Lipinski definition) is 1. The molecule has 0 unspecified atom stereocenters. The first kappa shape index (κ1) is 12.4. The molecule has 0 atom stereocenters. The number of aromatic nitrogens is 2. The molecule has 0 fully saturated rings. The third-order valence-corrected chi connectivity index (χ3v) is 2.42. The van der Waals surface area contributed by atoms with Crippen LogP contribution in [-0.2, 0) is 4.74 Å². The molecular weight excluding hydrogens is 233 g/mol. The number of nitrogens with one attached hydrogen (secondary N) is 1. The van der Waals surface area contributed by atoms with Crippen LogP contribution in [-0.4, -0.2) is 30.2 Å². The first-order chi connectivity index (χ1) is 8.79. The van der Waals surface area contributed by atoms with Gasteiger partial charge >= 0.3 is 0 Å². The Hall–Kier alpha value is -2.01. The van der Waals surface area contributed by atoms with Gasteiger partial charge in [-0.3, -0.25) is 0 Å². The van der Waals surface area contributed by atoms with E-state index in [0.29, 0.717) is 19.1 Å². The summed E-state index contributed by atoms with van der Waals surface area (Å²) in [6.45, 7) is 1.26. The van der Waals surface area contributed by atoms with E-state index in [-0.39, 0.29) is 5.82 Å². The molecule has 1 heterocycles. The highest BCUT2D eigenvalue weighted by molar-refractivity contribution is 5.61. The van der Waals surface area contributed by atoms with E-state index in [1.807, 2.05) is 0 Å². The van der Waals surface area contributed by atoms with Crippen LogP contribution in [0.3, 0.4) is 0 Å². The molecule has 94 valence electrons. The van der Waals surface area contributed by atoms with E-state index in [1.165, 1.54) is 12.1 Å². The quantitative estimate of drug-likeness (QED) is 0.824. The van der Waals surface area contributed by atoms with Gasteiger partial charge < -0.3 is 10.1 Å². The van der Waals surface area contributed by atoms with Gasteiger partial charge in [-0.25, -0.2) is 14.4 Å². The van der Waals surface area contributed by atoms with Gasteiger partial charge in [-0.1, -0.05) is 12.1 Å². The molecule has 0 bridgehead atoms. The van der Waals surface area contributed by atoms with E-state index >= 15 is 0 Å². The predicted octanol–water partition coefficient (Wildman–Crippen LogP) is 2.34. The molecule has 0 saturated heterocycles. The van der Waals surface area contributed by atoms with Crippen molar-refractivity contribution >= 4 is 5.95 Å². The number of rotatable bonds is 5. The van der Waals surface area contributed by atoms with Crippen molar-refractivity contribution in [1.29, 1.82) is 0 Å². The Morgan fingerprint density at radius 2 is 1.78 bits per heavy atom. The number of benzene rings is 1. The number of ether oxygens (including phenoxy) is 1. The van der Waals surface area contributed by atoms with Gasteiger partial charge in [-0.15, -0.1) is 0 Å². The number of anilines is 1. The highest BCUT2D eigenvalue weighted by atomic mass is 19.1. The molecule has 18 heavy (non-hydrogen) atoms. The summed E-state index contributed by atoms with van der Waals surface area (Å²) in [6.07, 6.45) is 3.41. The molecule has 2 aromatic rings. The molecule has 1 aromatic heterocycles. The Morgan fingerprint density at radius 1 is 1.11 bits per heavy atom. The van der Waals surface area contributed by atoms with Crippen molar-refractivity contribution in [3.05, 3.63) is 42.5 Å². The zero-order chi connectivity index (χ0) is 12.8. The summed E-state index contributed by atoms with van der Waals surface area (Å²) in [5.74, 6) is 0.301. The molecule has 1 aromatic carbocycles. The normalized spacial score (nSPS) is 10.3. The van der Waals surface area contributed by atoms with E-state index in [4.69, 9.17) is 4.74 Å². The highest BCUT2D eigenvalue weighted by Gasteiger charge is 2.00. The predicted molar refractivity (Wildman–Crippen MR) is 67.8 cm³/mol.